The zero-order valence-corrected chi connectivity index (χ0v) is 15.7. The van der Waals surface area contributed by atoms with Gasteiger partial charge < -0.3 is 10.2 Å². The summed E-state index contributed by atoms with van der Waals surface area (Å²) >= 11 is 0. The fourth-order valence-corrected chi connectivity index (χ4v) is 3.25. The molecule has 0 spiro atoms. The van der Waals surface area contributed by atoms with Gasteiger partial charge in [0.1, 0.15) is 17.3 Å². The maximum atomic E-state index is 14.2. The Labute approximate surface area is 150 Å². The summed E-state index contributed by atoms with van der Waals surface area (Å²) in [5.74, 6) is -0.620. The zero-order valence-electron chi connectivity index (χ0n) is 15.7. The molecule has 0 saturated heterocycles. The van der Waals surface area contributed by atoms with Crippen LogP contribution >= 0.6 is 0 Å². The molecule has 0 saturated carbocycles. The van der Waals surface area contributed by atoms with Crippen molar-refractivity contribution in [2.24, 2.45) is 0 Å². The number of halogens is 1. The van der Waals surface area contributed by atoms with Crippen LogP contribution in [0.1, 0.15) is 64.0 Å². The quantitative estimate of drug-likeness (QED) is 0.566. The molecule has 0 aliphatic carbocycles. The molecule has 2 aromatic carbocycles. The molecule has 2 aromatic rings. The minimum absolute atomic E-state index is 0.0823. The number of phenolic OH excluding ortho intramolecular Hbond substituents is 2. The number of phenols is 2. The normalized spacial score (nSPS) is 11.7. The van der Waals surface area contributed by atoms with Gasteiger partial charge in [0.15, 0.2) is 0 Å². The van der Waals surface area contributed by atoms with E-state index in [0.29, 0.717) is 0 Å². The summed E-state index contributed by atoms with van der Waals surface area (Å²) in [7, 11) is 0. The Morgan fingerprint density at radius 1 is 0.960 bits per heavy atom. The molecule has 0 bridgehead atoms. The van der Waals surface area contributed by atoms with Crippen LogP contribution in [-0.4, -0.2) is 10.2 Å². The highest BCUT2D eigenvalue weighted by Crippen LogP contribution is 2.43. The zero-order chi connectivity index (χ0) is 18.6. The van der Waals surface area contributed by atoms with Gasteiger partial charge in [0.25, 0.3) is 0 Å². The summed E-state index contributed by atoms with van der Waals surface area (Å²) in [6.07, 6.45) is 5.68. The average Bonchev–Trinajstić information content (AvgIpc) is 2.54. The van der Waals surface area contributed by atoms with E-state index in [-0.39, 0.29) is 28.0 Å². The molecule has 2 rings (SSSR count). The smallest absolute Gasteiger partial charge is 0.131 e. The first-order valence-corrected chi connectivity index (χ1v) is 9.09. The second kappa shape index (κ2) is 7.90. The van der Waals surface area contributed by atoms with Crippen LogP contribution in [0.5, 0.6) is 11.5 Å². The van der Waals surface area contributed by atoms with E-state index in [1.165, 1.54) is 25.3 Å². The molecule has 2 nitrogen and oxygen atoms in total. The number of aromatic hydroxyl groups is 2. The van der Waals surface area contributed by atoms with E-state index >= 15 is 0 Å². The summed E-state index contributed by atoms with van der Waals surface area (Å²) in [6.45, 7) is 8.26. The monoisotopic (exact) mass is 344 g/mol. The number of hydrogen-bond acceptors (Lipinski definition) is 2. The lowest BCUT2D eigenvalue weighted by molar-refractivity contribution is 0.425. The molecule has 0 aliphatic rings. The van der Waals surface area contributed by atoms with Gasteiger partial charge in [0.05, 0.1) is 5.56 Å². The Morgan fingerprint density at radius 3 is 2.20 bits per heavy atom. The van der Waals surface area contributed by atoms with Crippen molar-refractivity contribution in [3.05, 3.63) is 47.3 Å². The van der Waals surface area contributed by atoms with Crippen LogP contribution in [0.4, 0.5) is 4.39 Å². The van der Waals surface area contributed by atoms with E-state index in [1.807, 2.05) is 6.92 Å². The molecule has 0 fully saturated rings. The van der Waals surface area contributed by atoms with Crippen molar-refractivity contribution in [1.29, 1.82) is 0 Å². The summed E-state index contributed by atoms with van der Waals surface area (Å²) in [6, 6.07) is 7.99. The first kappa shape index (κ1) is 19.3. The van der Waals surface area contributed by atoms with E-state index in [4.69, 9.17) is 0 Å². The second-order valence-electron chi connectivity index (χ2n) is 7.57. The lowest BCUT2D eigenvalue weighted by Crippen LogP contribution is -2.17. The molecule has 0 radical (unpaired) electrons. The molecule has 0 atom stereocenters. The predicted molar refractivity (Wildman–Crippen MR) is 102 cm³/mol. The van der Waals surface area contributed by atoms with Crippen molar-refractivity contribution in [2.75, 3.05) is 0 Å². The molecule has 0 aliphatic heterocycles. The largest absolute Gasteiger partial charge is 0.507 e. The van der Waals surface area contributed by atoms with Gasteiger partial charge in [-0.1, -0.05) is 58.1 Å². The standard InChI is InChI=1S/C22H29FO2/c1-5-6-7-8-11-22(3,4)16-13-19(24)21(20(25)14-16)17-12-15(2)9-10-18(17)23/h9-10,12-14,24-25H,5-8,11H2,1-4H3. The predicted octanol–water partition coefficient (Wildman–Crippen LogP) is 6.46. The Kier molecular flexibility index (Phi) is 6.10. The maximum Gasteiger partial charge on any atom is 0.131 e. The van der Waals surface area contributed by atoms with Gasteiger partial charge in [0, 0.05) is 5.56 Å². The number of benzene rings is 2. The summed E-state index contributed by atoms with van der Waals surface area (Å²) in [5.41, 5.74) is 1.97. The Balaban J connectivity index is 2.35. The van der Waals surface area contributed by atoms with Gasteiger partial charge >= 0.3 is 0 Å². The molecule has 0 heterocycles. The third-order valence-electron chi connectivity index (χ3n) is 4.92. The third-order valence-corrected chi connectivity index (χ3v) is 4.92. The van der Waals surface area contributed by atoms with Crippen LogP contribution in [0.2, 0.25) is 0 Å². The van der Waals surface area contributed by atoms with Gasteiger partial charge in [0.2, 0.25) is 0 Å². The molecule has 2 N–H and O–H groups in total. The van der Waals surface area contributed by atoms with Crippen molar-refractivity contribution >= 4 is 0 Å². The maximum absolute atomic E-state index is 14.2. The molecular weight excluding hydrogens is 315 g/mol. The second-order valence-corrected chi connectivity index (χ2v) is 7.57. The van der Waals surface area contributed by atoms with Crippen molar-refractivity contribution in [3.8, 4) is 22.6 Å². The first-order valence-electron chi connectivity index (χ1n) is 9.09. The highest BCUT2D eigenvalue weighted by atomic mass is 19.1. The summed E-state index contributed by atoms with van der Waals surface area (Å²) in [4.78, 5) is 0. The van der Waals surface area contributed by atoms with Crippen molar-refractivity contribution in [2.45, 2.75) is 65.2 Å². The summed E-state index contributed by atoms with van der Waals surface area (Å²) in [5, 5.41) is 21.0. The van der Waals surface area contributed by atoms with Gasteiger partial charge in [-0.15, -0.1) is 0 Å². The van der Waals surface area contributed by atoms with Gasteiger partial charge in [-0.2, -0.15) is 0 Å². The van der Waals surface area contributed by atoms with E-state index in [2.05, 4.69) is 20.8 Å². The molecule has 3 heteroatoms. The van der Waals surface area contributed by atoms with Gasteiger partial charge in [-0.3, -0.25) is 0 Å². The first-order chi connectivity index (χ1) is 11.8. The Hall–Kier alpha value is -2.03. The third kappa shape index (κ3) is 4.53. The number of hydrogen-bond donors (Lipinski definition) is 2. The van der Waals surface area contributed by atoms with E-state index in [0.717, 1.165) is 24.0 Å². The molecule has 25 heavy (non-hydrogen) atoms. The van der Waals surface area contributed by atoms with Crippen LogP contribution in [0.25, 0.3) is 11.1 Å². The fraction of sp³-hybridized carbons (Fsp3) is 0.455. The number of aryl methyl sites for hydroxylation is 1. The molecule has 0 aromatic heterocycles. The number of rotatable bonds is 7. The molecular formula is C22H29FO2. The van der Waals surface area contributed by atoms with E-state index in [9.17, 15) is 14.6 Å². The van der Waals surface area contributed by atoms with Crippen molar-refractivity contribution in [1.82, 2.24) is 0 Å². The average molecular weight is 344 g/mol. The van der Waals surface area contributed by atoms with Crippen LogP contribution < -0.4 is 0 Å². The van der Waals surface area contributed by atoms with Crippen LogP contribution in [0.3, 0.4) is 0 Å². The Bertz CT molecular complexity index is 712. The van der Waals surface area contributed by atoms with Crippen molar-refractivity contribution in [3.63, 3.8) is 0 Å². The van der Waals surface area contributed by atoms with Gasteiger partial charge in [-0.05, 0) is 48.6 Å². The molecule has 0 amide bonds. The van der Waals surface area contributed by atoms with Crippen LogP contribution in [0, 0.1) is 12.7 Å². The van der Waals surface area contributed by atoms with E-state index in [1.54, 1.807) is 24.3 Å². The highest BCUT2D eigenvalue weighted by Gasteiger charge is 2.24. The van der Waals surface area contributed by atoms with Crippen LogP contribution in [0.15, 0.2) is 30.3 Å². The minimum atomic E-state index is -0.456. The summed E-state index contributed by atoms with van der Waals surface area (Å²) < 4.78 is 14.2. The number of unbranched alkanes of at least 4 members (excludes halogenated alkanes) is 3. The highest BCUT2D eigenvalue weighted by molar-refractivity contribution is 5.77. The lowest BCUT2D eigenvalue weighted by atomic mass is 9.79. The minimum Gasteiger partial charge on any atom is -0.507 e. The lowest BCUT2D eigenvalue weighted by Gasteiger charge is -2.26. The Morgan fingerprint density at radius 2 is 1.60 bits per heavy atom. The van der Waals surface area contributed by atoms with E-state index < -0.39 is 5.82 Å². The molecule has 136 valence electrons. The SMILES string of the molecule is CCCCCCC(C)(C)c1cc(O)c(-c2cc(C)ccc2F)c(O)c1. The van der Waals surface area contributed by atoms with Crippen LogP contribution in [-0.2, 0) is 5.41 Å². The molecule has 0 unspecified atom stereocenters. The fourth-order valence-electron chi connectivity index (χ4n) is 3.25. The van der Waals surface area contributed by atoms with Gasteiger partial charge in [-0.25, -0.2) is 4.39 Å². The topological polar surface area (TPSA) is 40.5 Å². The van der Waals surface area contributed by atoms with Crippen molar-refractivity contribution < 1.29 is 14.6 Å².